The predicted molar refractivity (Wildman–Crippen MR) is 103 cm³/mol. The van der Waals surface area contributed by atoms with Gasteiger partial charge in [-0.15, -0.1) is 0 Å². The van der Waals surface area contributed by atoms with Gasteiger partial charge >= 0.3 is 0 Å². The average Bonchev–Trinajstić information content (AvgIpc) is 2.67. The van der Waals surface area contributed by atoms with Crippen molar-refractivity contribution in [1.82, 2.24) is 5.43 Å². The van der Waals surface area contributed by atoms with Gasteiger partial charge in [0.2, 0.25) is 5.91 Å². The van der Waals surface area contributed by atoms with Gasteiger partial charge in [-0.1, -0.05) is 13.3 Å². The second kappa shape index (κ2) is 9.98. The summed E-state index contributed by atoms with van der Waals surface area (Å²) in [7, 11) is 1.60. The highest BCUT2D eigenvalue weighted by molar-refractivity contribution is 5.96. The van der Waals surface area contributed by atoms with Crippen LogP contribution in [0.25, 0.3) is 0 Å². The lowest BCUT2D eigenvalue weighted by Gasteiger charge is -2.06. The van der Waals surface area contributed by atoms with Gasteiger partial charge in [0.15, 0.2) is 0 Å². The van der Waals surface area contributed by atoms with Gasteiger partial charge in [-0.3, -0.25) is 9.59 Å². The maximum absolute atomic E-state index is 12.1. The van der Waals surface area contributed by atoms with E-state index in [0.717, 1.165) is 24.2 Å². The van der Waals surface area contributed by atoms with E-state index in [4.69, 9.17) is 4.74 Å². The van der Waals surface area contributed by atoms with Crippen LogP contribution >= 0.6 is 0 Å². The summed E-state index contributed by atoms with van der Waals surface area (Å²) in [6.07, 6.45) is 3.89. The van der Waals surface area contributed by atoms with E-state index in [1.54, 1.807) is 37.6 Å². The molecular formula is C20H23N3O3. The van der Waals surface area contributed by atoms with Crippen LogP contribution in [0.1, 0.15) is 42.1 Å². The Hall–Kier alpha value is -3.15. The Morgan fingerprint density at radius 3 is 2.38 bits per heavy atom. The van der Waals surface area contributed by atoms with Crippen LogP contribution in [0.5, 0.6) is 5.75 Å². The molecule has 0 bridgehead atoms. The van der Waals surface area contributed by atoms with Crippen molar-refractivity contribution < 1.29 is 14.3 Å². The number of nitrogens with one attached hydrogen (secondary N) is 2. The third kappa shape index (κ3) is 6.05. The molecule has 0 aliphatic rings. The third-order valence-corrected chi connectivity index (χ3v) is 3.68. The molecule has 0 fully saturated rings. The molecule has 26 heavy (non-hydrogen) atoms. The molecule has 0 aliphatic heterocycles. The molecule has 2 amide bonds. The van der Waals surface area contributed by atoms with Crippen molar-refractivity contribution in [2.75, 3.05) is 12.4 Å². The van der Waals surface area contributed by atoms with Gasteiger partial charge in [0.1, 0.15) is 5.75 Å². The fourth-order valence-electron chi connectivity index (χ4n) is 2.19. The van der Waals surface area contributed by atoms with Crippen molar-refractivity contribution in [3.05, 3.63) is 59.7 Å². The van der Waals surface area contributed by atoms with Crippen LogP contribution in [0.15, 0.2) is 53.6 Å². The number of ether oxygens (including phenoxy) is 1. The van der Waals surface area contributed by atoms with E-state index in [1.165, 1.54) is 0 Å². The lowest BCUT2D eigenvalue weighted by Crippen LogP contribution is -2.17. The van der Waals surface area contributed by atoms with Gasteiger partial charge in [0.05, 0.1) is 13.3 Å². The third-order valence-electron chi connectivity index (χ3n) is 3.68. The van der Waals surface area contributed by atoms with Gasteiger partial charge in [0, 0.05) is 17.7 Å². The number of hydrogen-bond donors (Lipinski definition) is 2. The first-order valence-corrected chi connectivity index (χ1v) is 8.49. The Morgan fingerprint density at radius 1 is 1.08 bits per heavy atom. The standard InChI is InChI=1S/C20H23N3O3/c1-3-4-5-19(24)22-17-10-8-16(9-11-17)20(25)23-21-14-15-6-12-18(26-2)13-7-15/h6-14H,3-5H2,1-2H3,(H,22,24)(H,23,25)/b21-14+. The minimum atomic E-state index is -0.321. The summed E-state index contributed by atoms with van der Waals surface area (Å²) in [5.74, 6) is 0.417. The van der Waals surface area contributed by atoms with Crippen molar-refractivity contribution in [2.24, 2.45) is 5.10 Å². The first kappa shape index (κ1) is 19.2. The molecule has 0 aliphatic carbocycles. The Balaban J connectivity index is 1.86. The van der Waals surface area contributed by atoms with Crippen LogP contribution in [-0.4, -0.2) is 25.1 Å². The maximum Gasteiger partial charge on any atom is 0.271 e. The second-order valence-electron chi connectivity index (χ2n) is 5.70. The maximum atomic E-state index is 12.1. The smallest absolute Gasteiger partial charge is 0.271 e. The average molecular weight is 353 g/mol. The normalized spacial score (nSPS) is 10.5. The number of benzene rings is 2. The number of hydrogen-bond acceptors (Lipinski definition) is 4. The topological polar surface area (TPSA) is 79.8 Å². The van der Waals surface area contributed by atoms with Gasteiger partial charge in [-0.2, -0.15) is 5.10 Å². The molecule has 136 valence electrons. The van der Waals surface area contributed by atoms with Gasteiger partial charge in [-0.05, 0) is 60.5 Å². The number of nitrogens with zero attached hydrogens (tertiary/aromatic N) is 1. The largest absolute Gasteiger partial charge is 0.497 e. The molecule has 0 spiro atoms. The second-order valence-corrected chi connectivity index (χ2v) is 5.70. The Bertz CT molecular complexity index is 753. The summed E-state index contributed by atoms with van der Waals surface area (Å²) in [4.78, 5) is 23.8. The molecule has 0 saturated carbocycles. The van der Waals surface area contributed by atoms with E-state index in [1.807, 2.05) is 31.2 Å². The molecule has 6 nitrogen and oxygen atoms in total. The highest BCUT2D eigenvalue weighted by atomic mass is 16.5. The highest BCUT2D eigenvalue weighted by Gasteiger charge is 2.05. The van der Waals surface area contributed by atoms with Gasteiger partial charge in [0.25, 0.3) is 5.91 Å². The molecule has 2 rings (SSSR count). The lowest BCUT2D eigenvalue weighted by molar-refractivity contribution is -0.116. The zero-order valence-electron chi connectivity index (χ0n) is 15.0. The van der Waals surface area contributed by atoms with Crippen LogP contribution in [-0.2, 0) is 4.79 Å². The molecule has 0 heterocycles. The predicted octanol–water partition coefficient (Wildman–Crippen LogP) is 3.59. The SMILES string of the molecule is CCCCC(=O)Nc1ccc(C(=O)N/N=C/c2ccc(OC)cc2)cc1. The van der Waals surface area contributed by atoms with Crippen LogP contribution in [0, 0.1) is 0 Å². The quantitative estimate of drug-likeness (QED) is 0.562. The number of hydrazone groups is 1. The Kier molecular flexibility index (Phi) is 7.36. The number of anilines is 1. The van der Waals surface area contributed by atoms with E-state index in [0.29, 0.717) is 17.7 Å². The summed E-state index contributed by atoms with van der Waals surface area (Å²) in [6.45, 7) is 2.04. The fourth-order valence-corrected chi connectivity index (χ4v) is 2.19. The summed E-state index contributed by atoms with van der Waals surface area (Å²) >= 11 is 0. The lowest BCUT2D eigenvalue weighted by atomic mass is 10.2. The molecule has 6 heteroatoms. The highest BCUT2D eigenvalue weighted by Crippen LogP contribution is 2.11. The van der Waals surface area contributed by atoms with Gasteiger partial charge < -0.3 is 10.1 Å². The number of unbranched alkanes of at least 4 members (excludes halogenated alkanes) is 1. The molecule has 0 unspecified atom stereocenters. The van der Waals surface area contributed by atoms with Crippen molar-refractivity contribution in [2.45, 2.75) is 26.2 Å². The van der Waals surface area contributed by atoms with E-state index in [2.05, 4.69) is 15.8 Å². The Labute approximate surface area is 153 Å². The molecule has 2 aromatic carbocycles. The fraction of sp³-hybridized carbons (Fsp3) is 0.250. The van der Waals surface area contributed by atoms with E-state index >= 15 is 0 Å². The summed E-state index contributed by atoms with van der Waals surface area (Å²) in [5.41, 5.74) is 4.45. The van der Waals surface area contributed by atoms with Crippen molar-refractivity contribution in [3.63, 3.8) is 0 Å². The summed E-state index contributed by atoms with van der Waals surface area (Å²) < 4.78 is 5.08. The number of methoxy groups -OCH3 is 1. The van der Waals surface area contributed by atoms with E-state index in [-0.39, 0.29) is 11.8 Å². The molecule has 0 aromatic heterocycles. The number of carbonyl (C=O) groups excluding carboxylic acids is 2. The molecule has 0 radical (unpaired) electrons. The van der Waals surface area contributed by atoms with Crippen molar-refractivity contribution >= 4 is 23.7 Å². The van der Waals surface area contributed by atoms with E-state index < -0.39 is 0 Å². The molecule has 2 aromatic rings. The van der Waals surface area contributed by atoms with Crippen LogP contribution < -0.4 is 15.5 Å². The van der Waals surface area contributed by atoms with Crippen molar-refractivity contribution in [1.29, 1.82) is 0 Å². The molecular weight excluding hydrogens is 330 g/mol. The first-order chi connectivity index (χ1) is 12.6. The minimum Gasteiger partial charge on any atom is -0.497 e. The summed E-state index contributed by atoms with van der Waals surface area (Å²) in [5, 5.41) is 6.75. The number of carbonyl (C=O) groups is 2. The molecule has 0 saturated heterocycles. The van der Waals surface area contributed by atoms with Gasteiger partial charge in [-0.25, -0.2) is 5.43 Å². The number of amides is 2. The molecule has 2 N–H and O–H groups in total. The monoisotopic (exact) mass is 353 g/mol. The molecule has 0 atom stereocenters. The Morgan fingerprint density at radius 2 is 1.77 bits per heavy atom. The zero-order chi connectivity index (χ0) is 18.8. The zero-order valence-corrected chi connectivity index (χ0v) is 15.0. The summed E-state index contributed by atoms with van der Waals surface area (Å²) in [6, 6.07) is 14.0. The number of rotatable bonds is 8. The van der Waals surface area contributed by atoms with E-state index in [9.17, 15) is 9.59 Å². The van der Waals surface area contributed by atoms with Crippen LogP contribution in [0.2, 0.25) is 0 Å². The first-order valence-electron chi connectivity index (χ1n) is 8.49. The van der Waals surface area contributed by atoms with Crippen LogP contribution in [0.4, 0.5) is 5.69 Å². The minimum absolute atomic E-state index is 0.0202. The van der Waals surface area contributed by atoms with Crippen LogP contribution in [0.3, 0.4) is 0 Å². The van der Waals surface area contributed by atoms with Crippen molar-refractivity contribution in [3.8, 4) is 5.75 Å².